The zero-order chi connectivity index (χ0) is 14.8. The predicted octanol–water partition coefficient (Wildman–Crippen LogP) is 2.46. The van der Waals surface area contributed by atoms with Crippen LogP contribution >= 0.6 is 0 Å². The summed E-state index contributed by atoms with van der Waals surface area (Å²) in [4.78, 5) is 12.3. The largest absolute Gasteiger partial charge is 0.465 e. The standard InChI is InChI=1S/C13H15F3N2O2/c14-13(15,16)12(17-11(19)20)6-7-18(9-12)8-10-4-2-1-3-5-10/h1-5,17H,6-9H2,(H,19,20). The van der Waals surface area contributed by atoms with E-state index in [2.05, 4.69) is 0 Å². The number of nitrogens with zero attached hydrogens (tertiary/aromatic N) is 1. The van der Waals surface area contributed by atoms with E-state index in [1.54, 1.807) is 10.2 Å². The second kappa shape index (κ2) is 5.32. The number of alkyl halides is 3. The molecule has 7 heteroatoms. The molecule has 1 aromatic carbocycles. The van der Waals surface area contributed by atoms with Gasteiger partial charge in [0.2, 0.25) is 0 Å². The van der Waals surface area contributed by atoms with E-state index in [4.69, 9.17) is 5.11 Å². The maximum atomic E-state index is 13.1. The van der Waals surface area contributed by atoms with E-state index < -0.39 is 17.8 Å². The van der Waals surface area contributed by atoms with E-state index in [0.29, 0.717) is 6.54 Å². The molecule has 1 unspecified atom stereocenters. The van der Waals surface area contributed by atoms with Crippen LogP contribution in [0.3, 0.4) is 0 Å². The van der Waals surface area contributed by atoms with Gasteiger partial charge in [-0.15, -0.1) is 0 Å². The number of benzene rings is 1. The van der Waals surface area contributed by atoms with Crippen molar-refractivity contribution in [2.24, 2.45) is 0 Å². The van der Waals surface area contributed by atoms with Crippen LogP contribution in [0, 0.1) is 0 Å². The van der Waals surface area contributed by atoms with Gasteiger partial charge in [0.15, 0.2) is 5.54 Å². The molecule has 1 atom stereocenters. The molecule has 1 aromatic rings. The number of nitrogens with one attached hydrogen (secondary N) is 1. The van der Waals surface area contributed by atoms with Crippen LogP contribution in [-0.4, -0.2) is 40.9 Å². The summed E-state index contributed by atoms with van der Waals surface area (Å²) in [5, 5.41) is 10.3. The number of halogens is 3. The number of carboxylic acid groups (broad SMARTS) is 1. The van der Waals surface area contributed by atoms with Crippen molar-refractivity contribution in [2.75, 3.05) is 13.1 Å². The Bertz CT molecular complexity index is 478. The zero-order valence-corrected chi connectivity index (χ0v) is 10.7. The quantitative estimate of drug-likeness (QED) is 0.898. The molecule has 0 spiro atoms. The second-order valence-corrected chi connectivity index (χ2v) is 4.96. The van der Waals surface area contributed by atoms with Crippen LogP contribution in [-0.2, 0) is 6.54 Å². The van der Waals surface area contributed by atoms with Gasteiger partial charge >= 0.3 is 12.3 Å². The summed E-state index contributed by atoms with van der Waals surface area (Å²) in [5.74, 6) is 0. The number of likely N-dealkylation sites (tertiary alicyclic amines) is 1. The molecule has 0 bridgehead atoms. The van der Waals surface area contributed by atoms with Crippen LogP contribution in [0.1, 0.15) is 12.0 Å². The van der Waals surface area contributed by atoms with E-state index in [-0.39, 0.29) is 19.5 Å². The van der Waals surface area contributed by atoms with Crippen LogP contribution in [0.25, 0.3) is 0 Å². The van der Waals surface area contributed by atoms with Crippen molar-refractivity contribution in [1.29, 1.82) is 0 Å². The maximum Gasteiger partial charge on any atom is 0.412 e. The lowest BCUT2D eigenvalue weighted by molar-refractivity contribution is -0.190. The molecule has 1 aliphatic heterocycles. The minimum Gasteiger partial charge on any atom is -0.465 e. The van der Waals surface area contributed by atoms with Crippen molar-refractivity contribution >= 4 is 6.09 Å². The van der Waals surface area contributed by atoms with Gasteiger partial charge in [-0.3, -0.25) is 4.90 Å². The van der Waals surface area contributed by atoms with Crippen LogP contribution in [0.4, 0.5) is 18.0 Å². The van der Waals surface area contributed by atoms with Gasteiger partial charge in [0.1, 0.15) is 0 Å². The molecule has 0 radical (unpaired) electrons. The Kier molecular flexibility index (Phi) is 3.89. The lowest BCUT2D eigenvalue weighted by Gasteiger charge is -2.31. The van der Waals surface area contributed by atoms with E-state index in [0.717, 1.165) is 5.56 Å². The molecule has 1 amide bonds. The summed E-state index contributed by atoms with van der Waals surface area (Å²) in [7, 11) is 0. The fourth-order valence-electron chi connectivity index (χ4n) is 2.47. The van der Waals surface area contributed by atoms with Gasteiger partial charge in [-0.2, -0.15) is 13.2 Å². The summed E-state index contributed by atoms with van der Waals surface area (Å²) in [6, 6.07) is 9.13. The monoisotopic (exact) mass is 288 g/mol. The third kappa shape index (κ3) is 3.04. The zero-order valence-electron chi connectivity index (χ0n) is 10.7. The van der Waals surface area contributed by atoms with Gasteiger partial charge in [0, 0.05) is 19.6 Å². The molecule has 110 valence electrons. The average molecular weight is 288 g/mol. The highest BCUT2D eigenvalue weighted by Gasteiger charge is 2.59. The van der Waals surface area contributed by atoms with Crippen molar-refractivity contribution < 1.29 is 23.1 Å². The Morgan fingerprint density at radius 1 is 1.35 bits per heavy atom. The Labute approximate surface area is 114 Å². The number of amides is 1. The molecule has 4 nitrogen and oxygen atoms in total. The van der Waals surface area contributed by atoms with Crippen molar-refractivity contribution in [1.82, 2.24) is 10.2 Å². The van der Waals surface area contributed by atoms with Gasteiger partial charge in [0.05, 0.1) is 0 Å². The second-order valence-electron chi connectivity index (χ2n) is 4.96. The van der Waals surface area contributed by atoms with E-state index in [1.807, 2.05) is 30.3 Å². The van der Waals surface area contributed by atoms with Crippen molar-refractivity contribution in [2.45, 2.75) is 24.7 Å². The molecular weight excluding hydrogens is 273 g/mol. The molecule has 1 heterocycles. The molecule has 1 fully saturated rings. The summed E-state index contributed by atoms with van der Waals surface area (Å²) in [5.41, 5.74) is -1.46. The molecule has 20 heavy (non-hydrogen) atoms. The highest BCUT2D eigenvalue weighted by Crippen LogP contribution is 2.38. The van der Waals surface area contributed by atoms with Crippen LogP contribution in [0.5, 0.6) is 0 Å². The molecular formula is C13H15F3N2O2. The molecule has 0 aliphatic carbocycles. The third-order valence-corrected chi connectivity index (χ3v) is 3.49. The van der Waals surface area contributed by atoms with Crippen LogP contribution in [0.15, 0.2) is 30.3 Å². The van der Waals surface area contributed by atoms with Crippen molar-refractivity contribution in [3.05, 3.63) is 35.9 Å². The van der Waals surface area contributed by atoms with Gasteiger partial charge in [-0.1, -0.05) is 30.3 Å². The SMILES string of the molecule is O=C(O)NC1(C(F)(F)F)CCN(Cc2ccccc2)C1. The van der Waals surface area contributed by atoms with Crippen LogP contribution < -0.4 is 5.32 Å². The van der Waals surface area contributed by atoms with E-state index in [9.17, 15) is 18.0 Å². The topological polar surface area (TPSA) is 52.6 Å². The smallest absolute Gasteiger partial charge is 0.412 e. The fourth-order valence-corrected chi connectivity index (χ4v) is 2.47. The molecule has 0 aromatic heterocycles. The molecule has 1 saturated heterocycles. The first-order chi connectivity index (χ1) is 9.32. The highest BCUT2D eigenvalue weighted by atomic mass is 19.4. The van der Waals surface area contributed by atoms with Crippen LogP contribution in [0.2, 0.25) is 0 Å². The predicted molar refractivity (Wildman–Crippen MR) is 66.3 cm³/mol. The molecule has 1 aliphatic rings. The number of hydrogen-bond acceptors (Lipinski definition) is 2. The van der Waals surface area contributed by atoms with Gasteiger partial charge in [0.25, 0.3) is 0 Å². The van der Waals surface area contributed by atoms with E-state index in [1.165, 1.54) is 0 Å². The average Bonchev–Trinajstić information content (AvgIpc) is 2.73. The summed E-state index contributed by atoms with van der Waals surface area (Å²) in [6.45, 7) is 0.215. The Hall–Kier alpha value is -1.76. The Morgan fingerprint density at radius 2 is 2.00 bits per heavy atom. The summed E-state index contributed by atoms with van der Waals surface area (Å²) >= 11 is 0. The maximum absolute atomic E-state index is 13.1. The third-order valence-electron chi connectivity index (χ3n) is 3.49. The fraction of sp³-hybridized carbons (Fsp3) is 0.462. The number of hydrogen-bond donors (Lipinski definition) is 2. The lowest BCUT2D eigenvalue weighted by Crippen LogP contribution is -2.60. The minimum atomic E-state index is -4.60. The molecule has 2 rings (SSSR count). The molecule has 0 saturated carbocycles. The number of rotatable bonds is 3. The number of carbonyl (C=O) groups is 1. The first-order valence-corrected chi connectivity index (χ1v) is 6.16. The molecule has 2 N–H and O–H groups in total. The first-order valence-electron chi connectivity index (χ1n) is 6.16. The van der Waals surface area contributed by atoms with Crippen molar-refractivity contribution in [3.8, 4) is 0 Å². The van der Waals surface area contributed by atoms with Gasteiger partial charge < -0.3 is 10.4 Å². The van der Waals surface area contributed by atoms with Gasteiger partial charge in [-0.25, -0.2) is 4.79 Å². The Morgan fingerprint density at radius 3 is 2.55 bits per heavy atom. The van der Waals surface area contributed by atoms with E-state index >= 15 is 0 Å². The summed E-state index contributed by atoms with van der Waals surface area (Å²) in [6.07, 6.45) is -6.52. The summed E-state index contributed by atoms with van der Waals surface area (Å²) < 4.78 is 39.4. The highest BCUT2D eigenvalue weighted by molar-refractivity contribution is 5.66. The van der Waals surface area contributed by atoms with Crippen molar-refractivity contribution in [3.63, 3.8) is 0 Å². The minimum absolute atomic E-state index is 0.203. The van der Waals surface area contributed by atoms with Gasteiger partial charge in [-0.05, 0) is 12.0 Å². The normalized spacial score (nSPS) is 23.8. The first kappa shape index (κ1) is 14.6. The Balaban J connectivity index is 2.09. The lowest BCUT2D eigenvalue weighted by atomic mass is 9.98.